The Morgan fingerprint density at radius 1 is 1.93 bits per heavy atom. The van der Waals surface area contributed by atoms with Gasteiger partial charge in [0, 0.05) is 34.4 Å². The van der Waals surface area contributed by atoms with Crippen LogP contribution in [0.3, 0.4) is 0 Å². The summed E-state index contributed by atoms with van der Waals surface area (Å²) in [5.41, 5.74) is 0.478. The average Bonchev–Trinajstić information content (AvgIpc) is 2.87. The van der Waals surface area contributed by atoms with Crippen LogP contribution >= 0.6 is 0 Å². The number of aromatic nitrogens is 2. The number of cyclic esters (lactones) is 1. The highest BCUT2D eigenvalue weighted by Crippen LogP contribution is 2.27. The van der Waals surface area contributed by atoms with Crippen LogP contribution < -0.4 is 0 Å². The van der Waals surface area contributed by atoms with E-state index < -0.39 is 37.6 Å². The number of nitrogens with zero attached hydrogens (tertiary/aromatic N) is 2. The third-order valence-electron chi connectivity index (χ3n) is 2.37. The fourth-order valence-electron chi connectivity index (χ4n) is 1.49. The lowest BCUT2D eigenvalue weighted by molar-refractivity contribution is -0.141. The zero-order chi connectivity index (χ0) is 17.0. The second-order valence-corrected chi connectivity index (χ2v) is 3.35. The van der Waals surface area contributed by atoms with Crippen molar-refractivity contribution >= 4 is 5.97 Å². The van der Waals surface area contributed by atoms with Gasteiger partial charge >= 0.3 is 5.97 Å². The molecule has 0 N–H and O–H groups in total. The predicted molar refractivity (Wildman–Crippen MR) is 55.1 cm³/mol. The molecule has 0 spiro atoms. The summed E-state index contributed by atoms with van der Waals surface area (Å²) in [6.07, 6.45) is -0.576. The minimum absolute atomic E-state index is 0.228. The molecule has 1 aromatic heterocycles. The highest BCUT2D eigenvalue weighted by Gasteiger charge is 2.35. The van der Waals surface area contributed by atoms with Crippen LogP contribution in [-0.4, -0.2) is 22.1 Å². The largest absolute Gasteiger partial charge is 0.465 e. The monoisotopic (exact) mass is 215 g/mol. The lowest BCUT2D eigenvalue weighted by Gasteiger charge is -2.12. The number of hydrogen-bond donors (Lipinski definition) is 0. The maximum absolute atomic E-state index is 12.0. The van der Waals surface area contributed by atoms with Gasteiger partial charge in [0.25, 0.3) is 0 Å². The first-order valence-electron chi connectivity index (χ1n) is 7.99. The molecule has 15 heavy (non-hydrogen) atoms. The van der Waals surface area contributed by atoms with E-state index in [0.29, 0.717) is 5.69 Å². The van der Waals surface area contributed by atoms with Crippen LogP contribution in [0.4, 0.5) is 0 Å². The Kier molecular flexibility index (Phi) is 1.26. The Morgan fingerprint density at radius 2 is 2.80 bits per heavy atom. The van der Waals surface area contributed by atoms with Gasteiger partial charge in [-0.05, 0) is 12.8 Å². The van der Waals surface area contributed by atoms with Crippen LogP contribution in [0.25, 0.3) is 0 Å². The van der Waals surface area contributed by atoms with E-state index >= 15 is 0 Å². The summed E-state index contributed by atoms with van der Waals surface area (Å²) in [5, 5.41) is 0. The van der Waals surface area contributed by atoms with E-state index in [1.54, 1.807) is 11.6 Å². The van der Waals surface area contributed by atoms with E-state index in [0.717, 1.165) is 0 Å². The molecule has 82 valence electrons. The molecule has 1 aliphatic heterocycles. The van der Waals surface area contributed by atoms with Crippen molar-refractivity contribution in [2.45, 2.75) is 19.6 Å². The lowest BCUT2D eigenvalue weighted by Crippen LogP contribution is -2.18. The van der Waals surface area contributed by atoms with Crippen molar-refractivity contribution in [1.82, 2.24) is 9.55 Å². The van der Waals surface area contributed by atoms with Gasteiger partial charge in [0.15, 0.2) is 0 Å². The van der Waals surface area contributed by atoms with Gasteiger partial charge in [0.2, 0.25) is 0 Å². The lowest BCUT2D eigenvalue weighted by atomic mass is 9.89. The van der Waals surface area contributed by atoms with E-state index in [4.69, 9.17) is 14.3 Å². The molecule has 1 aromatic rings. The normalized spacial score (nSPS) is 44.1. The van der Waals surface area contributed by atoms with Crippen molar-refractivity contribution in [2.75, 3.05) is 6.61 Å². The van der Waals surface area contributed by atoms with Crippen LogP contribution in [0.15, 0.2) is 12.5 Å². The molecule has 2 heterocycles. The van der Waals surface area contributed by atoms with Crippen molar-refractivity contribution < 1.29 is 19.1 Å². The van der Waals surface area contributed by atoms with E-state index in [2.05, 4.69) is 4.98 Å². The Morgan fingerprint density at radius 3 is 3.47 bits per heavy atom. The molecular weight excluding hydrogens is 192 g/mol. The number of esters is 1. The molecule has 4 nitrogen and oxygen atoms in total. The summed E-state index contributed by atoms with van der Waals surface area (Å²) in [6, 6.07) is 0. The Balaban J connectivity index is 2.51. The zero-order valence-corrected chi connectivity index (χ0v) is 8.28. The third kappa shape index (κ3) is 1.89. The Labute approximate surface area is 99.1 Å². The topological polar surface area (TPSA) is 44.1 Å². The average molecular weight is 215 g/mol. The third-order valence-corrected chi connectivity index (χ3v) is 2.37. The number of hydrogen-bond acceptors (Lipinski definition) is 3. The van der Waals surface area contributed by atoms with E-state index in [1.807, 2.05) is 0 Å². The van der Waals surface area contributed by atoms with Gasteiger partial charge in [-0.1, -0.05) is 6.85 Å². The van der Waals surface area contributed by atoms with E-state index in [9.17, 15) is 4.79 Å². The fraction of sp³-hybridized carbons (Fsp3) is 0.636. The number of ether oxygens (including phenoxy) is 1. The first-order chi connectivity index (χ1) is 9.87. The zero-order valence-electron chi connectivity index (χ0n) is 15.3. The summed E-state index contributed by atoms with van der Waals surface area (Å²) in [7, 11) is 1.65. The first kappa shape index (κ1) is 4.68. The quantitative estimate of drug-likeness (QED) is 0.711. The molecule has 0 unspecified atom stereocenters. The second kappa shape index (κ2) is 4.04. The molecule has 2 rings (SSSR count). The van der Waals surface area contributed by atoms with Gasteiger partial charge in [-0.25, -0.2) is 4.98 Å². The Hall–Kier alpha value is -1.32. The molecule has 4 heteroatoms. The van der Waals surface area contributed by atoms with Gasteiger partial charge in [-0.2, -0.15) is 0 Å². The molecule has 0 amide bonds. The van der Waals surface area contributed by atoms with Crippen molar-refractivity contribution in [1.29, 1.82) is 0 Å². The number of imidazole rings is 1. The van der Waals surface area contributed by atoms with Gasteiger partial charge in [0.05, 0.1) is 18.8 Å². The summed E-state index contributed by atoms with van der Waals surface area (Å²) in [6.45, 7) is -3.78. The number of carbonyl (C=O) groups excluding carboxylic acids is 1. The standard InChI is InChI=1S/C11H16N2O2/c1-3-10-8(6-15-11(10)14)4-9-5-12-7-13(9)2/h5,7-8,10H,3-4,6H2,1-2H3/t8-,10-/m0/s1/i1D3,3D2,8D,10D. The predicted octanol–water partition coefficient (Wildman–Crippen LogP) is 1.16. The molecule has 1 saturated heterocycles. The minimum Gasteiger partial charge on any atom is -0.465 e. The van der Waals surface area contributed by atoms with Crippen molar-refractivity contribution in [3.05, 3.63) is 18.2 Å². The van der Waals surface area contributed by atoms with Crippen molar-refractivity contribution in [2.24, 2.45) is 18.8 Å². The molecule has 1 fully saturated rings. The van der Waals surface area contributed by atoms with Gasteiger partial charge in [0.1, 0.15) is 0 Å². The smallest absolute Gasteiger partial charge is 0.309 e. The van der Waals surface area contributed by atoms with Gasteiger partial charge in [-0.15, -0.1) is 0 Å². The van der Waals surface area contributed by atoms with Crippen LogP contribution in [-0.2, 0) is 23.0 Å². The van der Waals surface area contributed by atoms with Crippen LogP contribution in [0.5, 0.6) is 0 Å². The fourth-order valence-corrected chi connectivity index (χ4v) is 1.49. The molecule has 0 radical (unpaired) electrons. The molecule has 2 atom stereocenters. The number of carbonyl (C=O) groups is 1. The van der Waals surface area contributed by atoms with Crippen molar-refractivity contribution in [3.8, 4) is 0 Å². The van der Waals surface area contributed by atoms with Crippen molar-refractivity contribution in [3.63, 3.8) is 0 Å². The van der Waals surface area contributed by atoms with Crippen LogP contribution in [0.2, 0.25) is 0 Å². The molecule has 0 aliphatic carbocycles. The van der Waals surface area contributed by atoms with Crippen LogP contribution in [0.1, 0.15) is 28.5 Å². The number of aryl methyl sites for hydroxylation is 1. The number of rotatable bonds is 3. The summed E-state index contributed by atoms with van der Waals surface area (Å²) in [5.74, 6) is -6.27. The van der Waals surface area contributed by atoms with E-state index in [-0.39, 0.29) is 6.42 Å². The minimum atomic E-state index is -3.24. The summed E-state index contributed by atoms with van der Waals surface area (Å²) in [4.78, 5) is 15.8. The highest BCUT2D eigenvalue weighted by atomic mass is 16.5. The molecule has 1 aliphatic rings. The molecule has 0 aromatic carbocycles. The van der Waals surface area contributed by atoms with E-state index in [1.165, 1.54) is 12.5 Å². The molecule has 0 bridgehead atoms. The summed E-state index contributed by atoms with van der Waals surface area (Å²) >= 11 is 0. The molecule has 0 saturated carbocycles. The van der Waals surface area contributed by atoms with Gasteiger partial charge < -0.3 is 9.30 Å². The van der Waals surface area contributed by atoms with Gasteiger partial charge in [-0.3, -0.25) is 4.79 Å². The maximum Gasteiger partial charge on any atom is 0.309 e. The Bertz CT molecular complexity index is 600. The maximum atomic E-state index is 12.0. The molecular formula is C11H16N2O2. The SMILES string of the molecule is [2H]C([2H])([2H])C([2H])([2H])[C@]1([2H])C(=O)OC[C@]1([2H])Cc1cncn1C. The first-order valence-corrected chi connectivity index (χ1v) is 4.49. The second-order valence-electron chi connectivity index (χ2n) is 3.35. The summed E-state index contributed by atoms with van der Waals surface area (Å²) < 4.78 is 60.5. The highest BCUT2D eigenvalue weighted by molar-refractivity contribution is 5.74. The van der Waals surface area contributed by atoms with Crippen LogP contribution in [0, 0.1) is 11.8 Å².